The van der Waals surface area contributed by atoms with E-state index in [-0.39, 0.29) is 29.9 Å². The van der Waals surface area contributed by atoms with Crippen LogP contribution in [-0.2, 0) is 9.53 Å². The summed E-state index contributed by atoms with van der Waals surface area (Å²) in [7, 11) is 0. The zero-order valence-corrected chi connectivity index (χ0v) is 16.6. The second-order valence-corrected chi connectivity index (χ2v) is 8.58. The van der Waals surface area contributed by atoms with Crippen molar-refractivity contribution in [1.29, 1.82) is 0 Å². The van der Waals surface area contributed by atoms with Crippen LogP contribution in [0.1, 0.15) is 44.9 Å². The summed E-state index contributed by atoms with van der Waals surface area (Å²) in [5, 5.41) is 0. The first-order valence-corrected chi connectivity index (χ1v) is 10.8. The maximum absolute atomic E-state index is 14.0. The molecule has 28 heavy (non-hydrogen) atoms. The Morgan fingerprint density at radius 1 is 1.11 bits per heavy atom. The van der Waals surface area contributed by atoms with Crippen molar-refractivity contribution in [1.82, 2.24) is 4.90 Å². The van der Waals surface area contributed by atoms with Crippen molar-refractivity contribution in [3.8, 4) is 0 Å². The number of rotatable bonds is 6. The quantitative estimate of drug-likeness (QED) is 0.813. The van der Waals surface area contributed by atoms with Gasteiger partial charge < -0.3 is 20.3 Å². The SMILES string of the molecule is N[C@H]1CCCN(C(=O)CC2CC2)[C@H]1COC1CCN(c2ccccc2F)CC1. The maximum Gasteiger partial charge on any atom is 0.223 e. The fourth-order valence-corrected chi connectivity index (χ4v) is 4.50. The van der Waals surface area contributed by atoms with Crippen molar-refractivity contribution in [2.24, 2.45) is 11.7 Å². The summed E-state index contributed by atoms with van der Waals surface area (Å²) >= 11 is 0. The first-order chi connectivity index (χ1) is 13.6. The van der Waals surface area contributed by atoms with Gasteiger partial charge >= 0.3 is 0 Å². The zero-order valence-electron chi connectivity index (χ0n) is 16.6. The van der Waals surface area contributed by atoms with E-state index in [0.717, 1.165) is 45.3 Å². The monoisotopic (exact) mass is 389 g/mol. The number of ether oxygens (including phenoxy) is 1. The van der Waals surface area contributed by atoms with Gasteiger partial charge in [-0.1, -0.05) is 12.1 Å². The van der Waals surface area contributed by atoms with E-state index in [1.807, 2.05) is 17.0 Å². The highest BCUT2D eigenvalue weighted by Gasteiger charge is 2.35. The van der Waals surface area contributed by atoms with Gasteiger partial charge in [0.2, 0.25) is 5.91 Å². The van der Waals surface area contributed by atoms with Crippen LogP contribution >= 0.6 is 0 Å². The number of hydrogen-bond acceptors (Lipinski definition) is 4. The summed E-state index contributed by atoms with van der Waals surface area (Å²) in [5.74, 6) is 0.676. The molecule has 2 N–H and O–H groups in total. The molecule has 5 nitrogen and oxygen atoms in total. The molecule has 0 aromatic heterocycles. The lowest BCUT2D eigenvalue weighted by Crippen LogP contribution is -2.57. The van der Waals surface area contributed by atoms with Gasteiger partial charge in [-0.05, 0) is 56.6 Å². The van der Waals surface area contributed by atoms with Crippen LogP contribution < -0.4 is 10.6 Å². The number of nitrogens with two attached hydrogens (primary N) is 1. The largest absolute Gasteiger partial charge is 0.376 e. The Morgan fingerprint density at radius 2 is 1.86 bits per heavy atom. The molecule has 1 aromatic rings. The Hall–Kier alpha value is -1.66. The Labute approximate surface area is 167 Å². The van der Waals surface area contributed by atoms with Crippen molar-refractivity contribution in [3.63, 3.8) is 0 Å². The maximum atomic E-state index is 14.0. The molecule has 4 rings (SSSR count). The third-order valence-corrected chi connectivity index (χ3v) is 6.45. The molecule has 1 aromatic carbocycles. The number of halogens is 1. The van der Waals surface area contributed by atoms with Crippen LogP contribution in [0.25, 0.3) is 0 Å². The molecule has 2 atom stereocenters. The van der Waals surface area contributed by atoms with E-state index < -0.39 is 0 Å². The minimum absolute atomic E-state index is 0.00425. The molecule has 2 saturated heterocycles. The highest BCUT2D eigenvalue weighted by atomic mass is 19.1. The highest BCUT2D eigenvalue weighted by Crippen LogP contribution is 2.34. The van der Waals surface area contributed by atoms with Crippen molar-refractivity contribution < 1.29 is 13.9 Å². The van der Waals surface area contributed by atoms with Crippen LogP contribution in [0.15, 0.2) is 24.3 Å². The number of hydrogen-bond donors (Lipinski definition) is 1. The normalized spacial score (nSPS) is 26.5. The topological polar surface area (TPSA) is 58.8 Å². The van der Waals surface area contributed by atoms with Gasteiger partial charge in [0.05, 0.1) is 24.4 Å². The summed E-state index contributed by atoms with van der Waals surface area (Å²) in [6.07, 6.45) is 6.86. The van der Waals surface area contributed by atoms with E-state index in [0.29, 0.717) is 24.6 Å². The fourth-order valence-electron chi connectivity index (χ4n) is 4.50. The fraction of sp³-hybridized carbons (Fsp3) is 0.682. The summed E-state index contributed by atoms with van der Waals surface area (Å²) in [5.41, 5.74) is 7.03. The molecule has 0 unspecified atom stereocenters. The van der Waals surface area contributed by atoms with Gasteiger partial charge in [-0.25, -0.2) is 4.39 Å². The highest BCUT2D eigenvalue weighted by molar-refractivity contribution is 5.77. The average molecular weight is 390 g/mol. The summed E-state index contributed by atoms with van der Waals surface area (Å²) in [6.45, 7) is 2.89. The van der Waals surface area contributed by atoms with Crippen molar-refractivity contribution >= 4 is 11.6 Å². The van der Waals surface area contributed by atoms with Gasteiger partial charge in [0.1, 0.15) is 5.82 Å². The molecule has 1 aliphatic carbocycles. The Kier molecular flexibility index (Phi) is 6.16. The second-order valence-electron chi connectivity index (χ2n) is 8.58. The molecule has 0 radical (unpaired) electrons. The van der Waals surface area contributed by atoms with Gasteiger partial charge in [0, 0.05) is 32.1 Å². The lowest BCUT2D eigenvalue weighted by atomic mass is 9.96. The number of piperidine rings is 2. The average Bonchev–Trinajstić information content (AvgIpc) is 3.52. The molecular weight excluding hydrogens is 357 g/mol. The molecular formula is C22H32FN3O2. The predicted octanol–water partition coefficient (Wildman–Crippen LogP) is 2.93. The first kappa shape index (κ1) is 19.6. The molecule has 3 fully saturated rings. The molecule has 3 aliphatic rings. The van der Waals surface area contributed by atoms with Crippen molar-refractivity contribution in [3.05, 3.63) is 30.1 Å². The molecule has 0 spiro atoms. The number of amides is 1. The van der Waals surface area contributed by atoms with Crippen LogP contribution in [0.4, 0.5) is 10.1 Å². The summed E-state index contributed by atoms with van der Waals surface area (Å²) in [6, 6.07) is 6.92. The van der Waals surface area contributed by atoms with Crippen LogP contribution in [0, 0.1) is 11.7 Å². The van der Waals surface area contributed by atoms with Crippen LogP contribution in [-0.4, -0.2) is 55.2 Å². The predicted molar refractivity (Wildman–Crippen MR) is 108 cm³/mol. The smallest absolute Gasteiger partial charge is 0.223 e. The summed E-state index contributed by atoms with van der Waals surface area (Å²) < 4.78 is 20.2. The molecule has 1 amide bonds. The lowest BCUT2D eigenvalue weighted by molar-refractivity contribution is -0.138. The number of carbonyl (C=O) groups is 1. The number of benzene rings is 1. The number of likely N-dealkylation sites (tertiary alicyclic amines) is 1. The van der Waals surface area contributed by atoms with Crippen LogP contribution in [0.2, 0.25) is 0 Å². The molecule has 2 heterocycles. The van der Waals surface area contributed by atoms with Gasteiger partial charge in [0.25, 0.3) is 0 Å². The van der Waals surface area contributed by atoms with Crippen LogP contribution in [0.5, 0.6) is 0 Å². The Balaban J connectivity index is 1.28. The zero-order chi connectivity index (χ0) is 19.5. The van der Waals surface area contributed by atoms with Crippen molar-refractivity contribution in [2.75, 3.05) is 31.1 Å². The van der Waals surface area contributed by atoms with Crippen molar-refractivity contribution in [2.45, 2.75) is 63.1 Å². The Bertz CT molecular complexity index is 674. The third kappa shape index (κ3) is 4.66. The molecule has 2 aliphatic heterocycles. The van der Waals surface area contributed by atoms with E-state index in [4.69, 9.17) is 10.5 Å². The van der Waals surface area contributed by atoms with E-state index in [1.54, 1.807) is 6.07 Å². The van der Waals surface area contributed by atoms with E-state index >= 15 is 0 Å². The molecule has 6 heteroatoms. The molecule has 1 saturated carbocycles. The number of anilines is 1. The summed E-state index contributed by atoms with van der Waals surface area (Å²) in [4.78, 5) is 16.7. The first-order valence-electron chi connectivity index (χ1n) is 10.8. The van der Waals surface area contributed by atoms with Gasteiger partial charge in [0.15, 0.2) is 0 Å². The molecule has 0 bridgehead atoms. The second kappa shape index (κ2) is 8.78. The number of para-hydroxylation sites is 1. The van der Waals surface area contributed by atoms with Gasteiger partial charge in [-0.15, -0.1) is 0 Å². The number of carbonyl (C=O) groups excluding carboxylic acids is 1. The van der Waals surface area contributed by atoms with Gasteiger partial charge in [-0.3, -0.25) is 4.79 Å². The third-order valence-electron chi connectivity index (χ3n) is 6.45. The molecule has 154 valence electrons. The van der Waals surface area contributed by atoms with Crippen LogP contribution in [0.3, 0.4) is 0 Å². The van der Waals surface area contributed by atoms with E-state index in [1.165, 1.54) is 18.9 Å². The lowest BCUT2D eigenvalue weighted by Gasteiger charge is -2.41. The minimum Gasteiger partial charge on any atom is -0.376 e. The van der Waals surface area contributed by atoms with Gasteiger partial charge in [-0.2, -0.15) is 0 Å². The number of nitrogens with zero attached hydrogens (tertiary/aromatic N) is 2. The Morgan fingerprint density at radius 3 is 2.57 bits per heavy atom. The van der Waals surface area contributed by atoms with E-state index in [9.17, 15) is 9.18 Å². The van der Waals surface area contributed by atoms with E-state index in [2.05, 4.69) is 4.90 Å². The standard InChI is InChI=1S/C22H32FN3O2/c23-18-4-1-2-6-20(18)25-12-9-17(10-13-25)28-15-21-19(24)5-3-11-26(21)22(27)14-16-7-8-16/h1-2,4,6,16-17,19,21H,3,5,7-15,24H2/t19-,21-/m0/s1. The minimum atomic E-state index is -0.167.